The molecule has 1 aliphatic heterocycles. The standard InChI is InChI=1S/C29H28N4OS2/c1-34-23-7-4-8-24-26(23)32-28(35-24)30-16-15-18-9-11-20(12-10-18)31-29-33(21-13-14-21)27-22-6-3-2-5-19(22)17-25(27)36-29/h2-12,21,25,27H,13-17H2,1H3,(H,30,32)/t25?,27-/m0/s1. The molecule has 2 aliphatic carbocycles. The van der Waals surface area contributed by atoms with Gasteiger partial charge in [-0.2, -0.15) is 0 Å². The summed E-state index contributed by atoms with van der Waals surface area (Å²) in [5.74, 6) is 0.822. The molecule has 1 unspecified atom stereocenters. The first-order valence-electron chi connectivity index (χ1n) is 12.6. The number of rotatable bonds is 7. The molecule has 0 bridgehead atoms. The molecular weight excluding hydrogens is 484 g/mol. The molecule has 182 valence electrons. The molecule has 3 aromatic carbocycles. The highest BCUT2D eigenvalue weighted by Gasteiger charge is 2.50. The minimum absolute atomic E-state index is 0.491. The summed E-state index contributed by atoms with van der Waals surface area (Å²) in [6, 6.07) is 24.9. The number of methoxy groups -OCH3 is 1. The molecule has 1 saturated heterocycles. The number of amidine groups is 1. The van der Waals surface area contributed by atoms with Crippen LogP contribution in [0.25, 0.3) is 10.2 Å². The zero-order valence-corrected chi connectivity index (χ0v) is 21.8. The fraction of sp³-hybridized carbons (Fsp3) is 0.310. The second kappa shape index (κ2) is 9.12. The Bertz CT molecular complexity index is 1440. The minimum Gasteiger partial charge on any atom is -0.494 e. The van der Waals surface area contributed by atoms with Crippen molar-refractivity contribution >= 4 is 49.3 Å². The Balaban J connectivity index is 1.02. The van der Waals surface area contributed by atoms with Crippen LogP contribution in [0, 0.1) is 0 Å². The molecule has 3 aliphatic rings. The summed E-state index contributed by atoms with van der Waals surface area (Å²) in [5.41, 5.74) is 6.31. The van der Waals surface area contributed by atoms with E-state index in [0.717, 1.165) is 46.2 Å². The Morgan fingerprint density at radius 2 is 1.92 bits per heavy atom. The monoisotopic (exact) mass is 512 g/mol. The summed E-state index contributed by atoms with van der Waals surface area (Å²) >= 11 is 3.65. The van der Waals surface area contributed by atoms with E-state index >= 15 is 0 Å². The third kappa shape index (κ3) is 4.04. The minimum atomic E-state index is 0.491. The van der Waals surface area contributed by atoms with Gasteiger partial charge < -0.3 is 15.0 Å². The number of anilines is 1. The molecule has 1 saturated carbocycles. The average molecular weight is 513 g/mol. The van der Waals surface area contributed by atoms with Gasteiger partial charge in [-0.05, 0) is 66.6 Å². The van der Waals surface area contributed by atoms with Gasteiger partial charge in [-0.15, -0.1) is 0 Å². The molecule has 1 aromatic heterocycles. The molecule has 7 heteroatoms. The van der Waals surface area contributed by atoms with E-state index in [1.165, 1.54) is 34.7 Å². The summed E-state index contributed by atoms with van der Waals surface area (Å²) < 4.78 is 6.57. The smallest absolute Gasteiger partial charge is 0.183 e. The van der Waals surface area contributed by atoms with Gasteiger partial charge in [0.1, 0.15) is 11.3 Å². The van der Waals surface area contributed by atoms with Gasteiger partial charge in [-0.25, -0.2) is 9.98 Å². The molecule has 1 N–H and O–H groups in total. The number of fused-ring (bicyclic) bond motifs is 4. The van der Waals surface area contributed by atoms with Crippen molar-refractivity contribution in [2.45, 2.75) is 43.0 Å². The number of para-hydroxylation sites is 1. The molecule has 36 heavy (non-hydrogen) atoms. The van der Waals surface area contributed by atoms with Crippen molar-refractivity contribution in [2.75, 3.05) is 19.0 Å². The summed E-state index contributed by atoms with van der Waals surface area (Å²) in [5, 5.41) is 6.21. The van der Waals surface area contributed by atoms with Gasteiger partial charge in [0, 0.05) is 17.8 Å². The first-order chi connectivity index (χ1) is 17.8. The Morgan fingerprint density at radius 1 is 1.06 bits per heavy atom. The van der Waals surface area contributed by atoms with Crippen molar-refractivity contribution in [1.29, 1.82) is 0 Å². The van der Waals surface area contributed by atoms with E-state index in [1.807, 2.05) is 23.9 Å². The van der Waals surface area contributed by atoms with Gasteiger partial charge in [-0.1, -0.05) is 65.6 Å². The molecule has 0 amide bonds. The van der Waals surface area contributed by atoms with E-state index < -0.39 is 0 Å². The van der Waals surface area contributed by atoms with E-state index in [1.54, 1.807) is 18.4 Å². The Morgan fingerprint density at radius 3 is 2.75 bits per heavy atom. The molecule has 0 radical (unpaired) electrons. The lowest BCUT2D eigenvalue weighted by molar-refractivity contribution is 0.330. The normalized spacial score (nSPS) is 21.7. The molecule has 2 atom stereocenters. The fourth-order valence-electron chi connectivity index (χ4n) is 5.43. The highest BCUT2D eigenvalue weighted by molar-refractivity contribution is 8.14. The average Bonchev–Trinajstić information content (AvgIpc) is 3.40. The van der Waals surface area contributed by atoms with Gasteiger partial charge >= 0.3 is 0 Å². The molecule has 2 fully saturated rings. The van der Waals surface area contributed by atoms with Gasteiger partial charge in [0.25, 0.3) is 0 Å². The largest absolute Gasteiger partial charge is 0.494 e. The molecule has 7 rings (SSSR count). The predicted octanol–water partition coefficient (Wildman–Crippen LogP) is 6.82. The van der Waals surface area contributed by atoms with Gasteiger partial charge in [0.05, 0.1) is 23.5 Å². The van der Waals surface area contributed by atoms with Gasteiger partial charge in [-0.3, -0.25) is 0 Å². The number of aromatic nitrogens is 1. The topological polar surface area (TPSA) is 49.8 Å². The van der Waals surface area contributed by atoms with Crippen molar-refractivity contribution in [3.05, 3.63) is 83.4 Å². The predicted molar refractivity (Wildman–Crippen MR) is 151 cm³/mol. The van der Waals surface area contributed by atoms with Crippen molar-refractivity contribution in [1.82, 2.24) is 9.88 Å². The number of hydrogen-bond donors (Lipinski definition) is 1. The van der Waals surface area contributed by atoms with Crippen LogP contribution < -0.4 is 10.1 Å². The van der Waals surface area contributed by atoms with Crippen LogP contribution in [0.15, 0.2) is 71.7 Å². The van der Waals surface area contributed by atoms with E-state index in [0.29, 0.717) is 17.3 Å². The highest BCUT2D eigenvalue weighted by Crippen LogP contribution is 2.53. The maximum Gasteiger partial charge on any atom is 0.183 e. The third-order valence-corrected chi connectivity index (χ3v) is 9.54. The maximum atomic E-state index is 5.43. The molecule has 4 aromatic rings. The summed E-state index contributed by atoms with van der Waals surface area (Å²) in [7, 11) is 1.69. The maximum absolute atomic E-state index is 5.43. The quantitative estimate of drug-likeness (QED) is 0.294. The number of benzene rings is 3. The van der Waals surface area contributed by atoms with Crippen LogP contribution in [0.5, 0.6) is 5.75 Å². The number of thioether (sulfide) groups is 1. The fourth-order valence-corrected chi connectivity index (χ4v) is 7.82. The highest BCUT2D eigenvalue weighted by atomic mass is 32.2. The summed E-state index contributed by atoms with van der Waals surface area (Å²) in [4.78, 5) is 12.5. The zero-order chi connectivity index (χ0) is 24.1. The summed E-state index contributed by atoms with van der Waals surface area (Å²) in [6.45, 7) is 0.837. The molecule has 2 heterocycles. The van der Waals surface area contributed by atoms with Crippen LogP contribution in [0.2, 0.25) is 0 Å². The van der Waals surface area contributed by atoms with Crippen LogP contribution >= 0.6 is 23.1 Å². The van der Waals surface area contributed by atoms with E-state index in [-0.39, 0.29) is 0 Å². The van der Waals surface area contributed by atoms with Crippen LogP contribution in [0.3, 0.4) is 0 Å². The number of thiazole rings is 1. The Kier molecular flexibility index (Phi) is 5.62. The van der Waals surface area contributed by atoms with Crippen molar-refractivity contribution < 1.29 is 4.74 Å². The molecular formula is C29H28N4OS2. The van der Waals surface area contributed by atoms with Crippen LogP contribution in [0.4, 0.5) is 10.8 Å². The van der Waals surface area contributed by atoms with Crippen molar-refractivity contribution in [2.24, 2.45) is 4.99 Å². The number of aliphatic imine (C=N–C) groups is 1. The number of nitrogens with one attached hydrogen (secondary N) is 1. The van der Waals surface area contributed by atoms with Crippen LogP contribution in [-0.4, -0.2) is 40.0 Å². The Labute approximate surface area is 219 Å². The van der Waals surface area contributed by atoms with Crippen LogP contribution in [-0.2, 0) is 12.8 Å². The first kappa shape index (κ1) is 22.2. The second-order valence-electron chi connectivity index (χ2n) is 9.71. The number of ether oxygens (including phenoxy) is 1. The number of nitrogens with zero attached hydrogens (tertiary/aromatic N) is 3. The number of hydrogen-bond acceptors (Lipinski definition) is 6. The van der Waals surface area contributed by atoms with Crippen LogP contribution in [0.1, 0.15) is 35.6 Å². The SMILES string of the molecule is COc1cccc2sc(NCCc3ccc(N=C4SC5Cc6ccccc6[C@@H]5N4C4CC4)cc3)nc12. The molecule has 0 spiro atoms. The lowest BCUT2D eigenvalue weighted by Crippen LogP contribution is -2.30. The lowest BCUT2D eigenvalue weighted by Gasteiger charge is -2.26. The van der Waals surface area contributed by atoms with Crippen molar-refractivity contribution in [3.63, 3.8) is 0 Å². The van der Waals surface area contributed by atoms with Crippen molar-refractivity contribution in [3.8, 4) is 5.75 Å². The molecule has 5 nitrogen and oxygen atoms in total. The van der Waals surface area contributed by atoms with E-state index in [4.69, 9.17) is 14.7 Å². The van der Waals surface area contributed by atoms with Gasteiger partial charge in [0.15, 0.2) is 10.3 Å². The lowest BCUT2D eigenvalue weighted by atomic mass is 10.1. The zero-order valence-electron chi connectivity index (χ0n) is 20.2. The second-order valence-corrected chi connectivity index (χ2v) is 11.9. The summed E-state index contributed by atoms with van der Waals surface area (Å²) in [6.07, 6.45) is 4.67. The first-order valence-corrected chi connectivity index (χ1v) is 14.3. The van der Waals surface area contributed by atoms with E-state index in [2.05, 4.69) is 64.8 Å². The Hall–Kier alpha value is -3.03. The third-order valence-electron chi connectivity index (χ3n) is 7.32. The van der Waals surface area contributed by atoms with E-state index in [9.17, 15) is 0 Å². The van der Waals surface area contributed by atoms with Gasteiger partial charge in [0.2, 0.25) is 0 Å².